The topological polar surface area (TPSA) is 76.3 Å². The molecular formula is C11H4Cl2N4. The number of rotatable bonds is 1. The zero-order valence-corrected chi connectivity index (χ0v) is 9.84. The third-order valence-corrected chi connectivity index (χ3v) is 2.75. The maximum absolute atomic E-state index is 8.81. The van der Waals surface area contributed by atoms with Crippen molar-refractivity contribution < 1.29 is 0 Å². The van der Waals surface area contributed by atoms with Crippen LogP contribution in [0.3, 0.4) is 0 Å². The summed E-state index contributed by atoms with van der Waals surface area (Å²) in [7, 11) is 0. The number of benzene rings is 1. The summed E-state index contributed by atoms with van der Waals surface area (Å²) in [6.07, 6.45) is 0. The summed E-state index contributed by atoms with van der Waals surface area (Å²) in [5.41, 5.74) is 0.603. The van der Waals surface area contributed by atoms with Gasteiger partial charge in [0.2, 0.25) is 0 Å². The molecule has 0 aliphatic heterocycles. The van der Waals surface area contributed by atoms with Gasteiger partial charge < -0.3 is 4.98 Å². The number of hydrogen-bond acceptors (Lipinski definition) is 3. The largest absolute Gasteiger partial charge is 0.329 e. The van der Waals surface area contributed by atoms with Crippen molar-refractivity contribution in [2.45, 2.75) is 0 Å². The SMILES string of the molecule is N#Cc1nc(-c2c(Cl)cccc2Cl)[nH]c1C#N. The second-order valence-corrected chi connectivity index (χ2v) is 3.94. The van der Waals surface area contributed by atoms with Crippen molar-refractivity contribution in [2.75, 3.05) is 0 Å². The highest BCUT2D eigenvalue weighted by molar-refractivity contribution is 6.38. The molecular weight excluding hydrogens is 259 g/mol. The summed E-state index contributed by atoms with van der Waals surface area (Å²) in [5, 5.41) is 18.4. The maximum Gasteiger partial charge on any atom is 0.177 e. The summed E-state index contributed by atoms with van der Waals surface area (Å²) in [5.74, 6) is 0.314. The Morgan fingerprint density at radius 2 is 1.76 bits per heavy atom. The predicted octanol–water partition coefficient (Wildman–Crippen LogP) is 3.13. The Balaban J connectivity index is 2.67. The molecule has 1 aromatic carbocycles. The van der Waals surface area contributed by atoms with Crippen molar-refractivity contribution in [1.29, 1.82) is 10.5 Å². The molecule has 0 aliphatic rings. The zero-order chi connectivity index (χ0) is 12.4. The van der Waals surface area contributed by atoms with E-state index in [4.69, 9.17) is 33.7 Å². The molecule has 0 aliphatic carbocycles. The van der Waals surface area contributed by atoms with Gasteiger partial charge in [0.15, 0.2) is 11.4 Å². The molecule has 17 heavy (non-hydrogen) atoms. The number of aromatic nitrogens is 2. The van der Waals surface area contributed by atoms with E-state index in [0.29, 0.717) is 21.4 Å². The second-order valence-electron chi connectivity index (χ2n) is 3.13. The fourth-order valence-corrected chi connectivity index (χ4v) is 1.95. The molecule has 2 aromatic rings. The lowest BCUT2D eigenvalue weighted by molar-refractivity contribution is 1.29. The van der Waals surface area contributed by atoms with E-state index >= 15 is 0 Å². The Morgan fingerprint density at radius 1 is 1.12 bits per heavy atom. The van der Waals surface area contributed by atoms with Crippen LogP contribution in [0.5, 0.6) is 0 Å². The van der Waals surface area contributed by atoms with Gasteiger partial charge in [-0.3, -0.25) is 0 Å². The molecule has 0 fully saturated rings. The van der Waals surface area contributed by atoms with Gasteiger partial charge in [0, 0.05) is 0 Å². The smallest absolute Gasteiger partial charge is 0.177 e. The average Bonchev–Trinajstić information content (AvgIpc) is 2.72. The molecule has 1 N–H and O–H groups in total. The highest BCUT2D eigenvalue weighted by Gasteiger charge is 2.15. The fourth-order valence-electron chi connectivity index (χ4n) is 1.38. The minimum absolute atomic E-state index is 0.0264. The van der Waals surface area contributed by atoms with E-state index in [-0.39, 0.29) is 11.4 Å². The molecule has 0 unspecified atom stereocenters. The van der Waals surface area contributed by atoms with Gasteiger partial charge in [-0.2, -0.15) is 10.5 Å². The van der Waals surface area contributed by atoms with Crippen LogP contribution < -0.4 is 0 Å². The first-order valence-electron chi connectivity index (χ1n) is 4.52. The first-order valence-corrected chi connectivity index (χ1v) is 5.27. The molecule has 0 bridgehead atoms. The van der Waals surface area contributed by atoms with Crippen molar-refractivity contribution >= 4 is 23.2 Å². The van der Waals surface area contributed by atoms with Crippen LogP contribution >= 0.6 is 23.2 Å². The standard InChI is InChI=1S/C11H4Cl2N4/c12-6-2-1-3-7(13)10(6)11-16-8(4-14)9(5-15)17-11/h1-3H,(H,16,17). The van der Waals surface area contributed by atoms with Gasteiger partial charge in [-0.1, -0.05) is 29.3 Å². The van der Waals surface area contributed by atoms with E-state index in [1.807, 2.05) is 12.1 Å². The van der Waals surface area contributed by atoms with E-state index in [1.54, 1.807) is 18.2 Å². The quantitative estimate of drug-likeness (QED) is 0.858. The minimum atomic E-state index is 0.0264. The van der Waals surface area contributed by atoms with Gasteiger partial charge in [0.25, 0.3) is 0 Å². The van der Waals surface area contributed by atoms with Crippen molar-refractivity contribution in [1.82, 2.24) is 9.97 Å². The number of halogens is 2. The number of nitrogens with zero attached hydrogens (tertiary/aromatic N) is 3. The van der Waals surface area contributed by atoms with Gasteiger partial charge in [-0.25, -0.2) is 4.98 Å². The van der Waals surface area contributed by atoms with Crippen LogP contribution in [-0.2, 0) is 0 Å². The first-order chi connectivity index (χ1) is 8.17. The molecule has 2 rings (SSSR count). The van der Waals surface area contributed by atoms with Crippen LogP contribution in [0.1, 0.15) is 11.4 Å². The summed E-state index contributed by atoms with van der Waals surface area (Å²) in [6, 6.07) is 8.69. The normalized spacial score (nSPS) is 9.65. The van der Waals surface area contributed by atoms with Crippen LogP contribution in [0, 0.1) is 22.7 Å². The molecule has 1 aromatic heterocycles. The van der Waals surface area contributed by atoms with E-state index in [2.05, 4.69) is 9.97 Å². The van der Waals surface area contributed by atoms with Gasteiger partial charge in [0.1, 0.15) is 18.0 Å². The molecule has 82 valence electrons. The molecule has 0 amide bonds. The van der Waals surface area contributed by atoms with E-state index in [9.17, 15) is 0 Å². The van der Waals surface area contributed by atoms with Crippen LogP contribution in [0.4, 0.5) is 0 Å². The Labute approximate surface area is 107 Å². The van der Waals surface area contributed by atoms with Crippen LogP contribution in [-0.4, -0.2) is 9.97 Å². The Morgan fingerprint density at radius 3 is 2.24 bits per heavy atom. The highest BCUT2D eigenvalue weighted by Crippen LogP contribution is 2.33. The summed E-state index contributed by atoms with van der Waals surface area (Å²) < 4.78 is 0. The molecule has 1 heterocycles. The van der Waals surface area contributed by atoms with Crippen molar-refractivity contribution in [3.05, 3.63) is 39.6 Å². The number of H-pyrrole nitrogens is 1. The van der Waals surface area contributed by atoms with Crippen molar-refractivity contribution in [2.24, 2.45) is 0 Å². The average molecular weight is 263 g/mol. The third kappa shape index (κ3) is 1.97. The van der Waals surface area contributed by atoms with Crippen LogP contribution in [0.2, 0.25) is 10.0 Å². The number of aromatic amines is 1. The highest BCUT2D eigenvalue weighted by atomic mass is 35.5. The number of hydrogen-bond donors (Lipinski definition) is 1. The summed E-state index contributed by atoms with van der Waals surface area (Å²) in [4.78, 5) is 6.70. The number of imidazole rings is 1. The molecule has 6 heteroatoms. The fraction of sp³-hybridized carbons (Fsp3) is 0. The third-order valence-electron chi connectivity index (χ3n) is 2.12. The van der Waals surface area contributed by atoms with Crippen molar-refractivity contribution in [3.8, 4) is 23.5 Å². The van der Waals surface area contributed by atoms with E-state index < -0.39 is 0 Å². The lowest BCUT2D eigenvalue weighted by Crippen LogP contribution is -1.84. The monoisotopic (exact) mass is 262 g/mol. The van der Waals surface area contributed by atoms with Gasteiger partial charge >= 0.3 is 0 Å². The molecule has 0 atom stereocenters. The maximum atomic E-state index is 8.81. The van der Waals surface area contributed by atoms with E-state index in [0.717, 1.165) is 0 Å². The lowest BCUT2D eigenvalue weighted by atomic mass is 10.2. The number of nitriles is 2. The Bertz CT molecular complexity index is 609. The zero-order valence-electron chi connectivity index (χ0n) is 8.33. The summed E-state index contributed by atoms with van der Waals surface area (Å²) >= 11 is 12.0. The predicted molar refractivity (Wildman–Crippen MR) is 63.5 cm³/mol. The Kier molecular flexibility index (Phi) is 3.01. The van der Waals surface area contributed by atoms with E-state index in [1.165, 1.54) is 0 Å². The van der Waals surface area contributed by atoms with Crippen LogP contribution in [0.25, 0.3) is 11.4 Å². The second kappa shape index (κ2) is 4.47. The van der Waals surface area contributed by atoms with Gasteiger partial charge in [0.05, 0.1) is 15.6 Å². The van der Waals surface area contributed by atoms with Gasteiger partial charge in [-0.15, -0.1) is 0 Å². The summed E-state index contributed by atoms with van der Waals surface area (Å²) in [6.45, 7) is 0. The minimum Gasteiger partial charge on any atom is -0.329 e. The molecule has 0 radical (unpaired) electrons. The molecule has 0 saturated heterocycles. The molecule has 0 spiro atoms. The van der Waals surface area contributed by atoms with Crippen LogP contribution in [0.15, 0.2) is 18.2 Å². The molecule has 4 nitrogen and oxygen atoms in total. The van der Waals surface area contributed by atoms with Crippen molar-refractivity contribution in [3.63, 3.8) is 0 Å². The van der Waals surface area contributed by atoms with Gasteiger partial charge in [-0.05, 0) is 12.1 Å². The first kappa shape index (κ1) is 11.5. The lowest BCUT2D eigenvalue weighted by Gasteiger charge is -2.02. The number of nitrogens with one attached hydrogen (secondary N) is 1. The molecule has 0 saturated carbocycles. The Hall–Kier alpha value is -2.01.